The van der Waals surface area contributed by atoms with E-state index in [2.05, 4.69) is 10.6 Å². The van der Waals surface area contributed by atoms with Gasteiger partial charge in [0, 0.05) is 12.0 Å². The molecule has 0 atom stereocenters. The van der Waals surface area contributed by atoms with Crippen molar-refractivity contribution >= 4 is 23.6 Å². The van der Waals surface area contributed by atoms with Crippen LogP contribution in [0.2, 0.25) is 0 Å². The summed E-state index contributed by atoms with van der Waals surface area (Å²) in [7, 11) is 0. The van der Waals surface area contributed by atoms with E-state index < -0.39 is 29.1 Å². The molecule has 0 unspecified atom stereocenters. The lowest BCUT2D eigenvalue weighted by molar-refractivity contribution is -0.145. The van der Waals surface area contributed by atoms with E-state index in [9.17, 15) is 23.6 Å². The molecule has 1 aliphatic heterocycles. The molecular formula is C16H17FN2O4. The van der Waals surface area contributed by atoms with Gasteiger partial charge in [-0.3, -0.25) is 25.0 Å². The molecule has 6 nitrogen and oxygen atoms in total. The summed E-state index contributed by atoms with van der Waals surface area (Å²) in [6.45, 7) is 1.68. The third kappa shape index (κ3) is 3.44. The first-order valence-corrected chi connectivity index (χ1v) is 7.34. The summed E-state index contributed by atoms with van der Waals surface area (Å²) < 4.78 is 12.8. The van der Waals surface area contributed by atoms with Crippen molar-refractivity contribution in [3.8, 4) is 0 Å². The zero-order valence-corrected chi connectivity index (χ0v) is 12.6. The highest BCUT2D eigenvalue weighted by Gasteiger charge is 2.48. The number of ketones is 1. The second-order valence-corrected chi connectivity index (χ2v) is 5.46. The number of hydrogen-bond donors (Lipinski definition) is 2. The van der Waals surface area contributed by atoms with Crippen molar-refractivity contribution in [1.82, 2.24) is 10.6 Å². The van der Waals surface area contributed by atoms with E-state index in [4.69, 9.17) is 0 Å². The van der Waals surface area contributed by atoms with E-state index in [-0.39, 0.29) is 25.0 Å². The molecule has 2 N–H and O–H groups in total. The molecule has 1 aromatic rings. The fourth-order valence-corrected chi connectivity index (χ4v) is 2.64. The number of barbiturate groups is 1. The largest absolute Gasteiger partial charge is 0.328 e. The van der Waals surface area contributed by atoms with Gasteiger partial charge in [0.25, 0.3) is 0 Å². The van der Waals surface area contributed by atoms with Crippen LogP contribution in [0.3, 0.4) is 0 Å². The van der Waals surface area contributed by atoms with Gasteiger partial charge in [0.2, 0.25) is 11.8 Å². The van der Waals surface area contributed by atoms with Gasteiger partial charge < -0.3 is 0 Å². The molecule has 0 spiro atoms. The minimum absolute atomic E-state index is 0.127. The Morgan fingerprint density at radius 2 is 1.65 bits per heavy atom. The third-order valence-corrected chi connectivity index (χ3v) is 4.10. The number of carbonyl (C=O) groups excluding carboxylic acids is 4. The van der Waals surface area contributed by atoms with Gasteiger partial charge in [-0.15, -0.1) is 0 Å². The predicted octanol–water partition coefficient (Wildman–Crippen LogP) is 1.94. The zero-order chi connectivity index (χ0) is 17.0. The van der Waals surface area contributed by atoms with E-state index in [0.717, 1.165) is 0 Å². The number of benzene rings is 1. The van der Waals surface area contributed by atoms with Crippen LogP contribution in [0.1, 0.15) is 43.0 Å². The molecule has 0 aromatic heterocycles. The smallest absolute Gasteiger partial charge is 0.294 e. The molecule has 0 radical (unpaired) electrons. The minimum atomic E-state index is -1.34. The second kappa shape index (κ2) is 6.68. The first kappa shape index (κ1) is 16.8. The highest BCUT2D eigenvalue weighted by atomic mass is 19.1. The van der Waals surface area contributed by atoms with Gasteiger partial charge in [0.05, 0.1) is 0 Å². The highest BCUT2D eigenvalue weighted by Crippen LogP contribution is 2.31. The first-order valence-electron chi connectivity index (χ1n) is 7.34. The van der Waals surface area contributed by atoms with Gasteiger partial charge in [0.15, 0.2) is 5.78 Å². The fourth-order valence-electron chi connectivity index (χ4n) is 2.64. The van der Waals surface area contributed by atoms with Gasteiger partial charge in [-0.05, 0) is 43.5 Å². The average molecular weight is 320 g/mol. The Labute approximate surface area is 132 Å². The van der Waals surface area contributed by atoms with Crippen molar-refractivity contribution in [2.24, 2.45) is 5.41 Å². The van der Waals surface area contributed by atoms with Crippen LogP contribution < -0.4 is 10.6 Å². The maximum atomic E-state index is 12.8. The Morgan fingerprint density at radius 1 is 1.09 bits per heavy atom. The molecule has 1 aromatic carbocycles. The molecule has 7 heteroatoms. The maximum Gasteiger partial charge on any atom is 0.328 e. The first-order chi connectivity index (χ1) is 10.9. The number of rotatable bonds is 6. The van der Waals surface area contributed by atoms with Crippen LogP contribution in [-0.4, -0.2) is 23.6 Å². The van der Waals surface area contributed by atoms with Crippen LogP contribution >= 0.6 is 0 Å². The minimum Gasteiger partial charge on any atom is -0.294 e. The lowest BCUT2D eigenvalue weighted by Crippen LogP contribution is -2.62. The fraction of sp³-hybridized carbons (Fsp3) is 0.375. The number of nitrogens with one attached hydrogen (secondary N) is 2. The highest BCUT2D eigenvalue weighted by molar-refractivity contribution is 6.19. The van der Waals surface area contributed by atoms with E-state index in [0.29, 0.717) is 12.0 Å². The second-order valence-electron chi connectivity index (χ2n) is 5.46. The van der Waals surface area contributed by atoms with Crippen LogP contribution in [0.4, 0.5) is 9.18 Å². The quantitative estimate of drug-likeness (QED) is 0.619. The van der Waals surface area contributed by atoms with Gasteiger partial charge in [-0.2, -0.15) is 0 Å². The summed E-state index contributed by atoms with van der Waals surface area (Å²) in [5.74, 6) is -1.89. The summed E-state index contributed by atoms with van der Waals surface area (Å²) in [4.78, 5) is 47.2. The van der Waals surface area contributed by atoms with Crippen LogP contribution in [0.15, 0.2) is 24.3 Å². The zero-order valence-electron chi connectivity index (χ0n) is 12.6. The summed E-state index contributed by atoms with van der Waals surface area (Å²) in [5.41, 5.74) is -0.957. The van der Waals surface area contributed by atoms with Gasteiger partial charge in [-0.25, -0.2) is 9.18 Å². The number of hydrogen-bond acceptors (Lipinski definition) is 4. The van der Waals surface area contributed by atoms with Crippen molar-refractivity contribution in [2.45, 2.75) is 32.6 Å². The number of carbonyl (C=O) groups is 4. The van der Waals surface area contributed by atoms with E-state index >= 15 is 0 Å². The number of amides is 4. The summed E-state index contributed by atoms with van der Waals surface area (Å²) >= 11 is 0. The Kier molecular flexibility index (Phi) is 4.88. The van der Waals surface area contributed by atoms with Crippen molar-refractivity contribution in [3.63, 3.8) is 0 Å². The Morgan fingerprint density at radius 3 is 2.17 bits per heavy atom. The van der Waals surface area contributed by atoms with Crippen LogP contribution in [0.25, 0.3) is 0 Å². The Balaban J connectivity index is 1.99. The molecule has 1 aliphatic rings. The van der Waals surface area contributed by atoms with Crippen molar-refractivity contribution < 1.29 is 23.6 Å². The molecule has 4 amide bonds. The van der Waals surface area contributed by atoms with E-state index in [1.54, 1.807) is 6.92 Å². The van der Waals surface area contributed by atoms with E-state index in [1.165, 1.54) is 24.3 Å². The lowest BCUT2D eigenvalue weighted by atomic mass is 9.77. The molecule has 1 fully saturated rings. The van der Waals surface area contributed by atoms with Crippen molar-refractivity contribution in [3.05, 3.63) is 35.6 Å². The molecule has 0 bridgehead atoms. The molecule has 1 saturated heterocycles. The standard InChI is InChI=1S/C16H17FN2O4/c1-2-16(13(21)18-15(23)19-14(16)22)9-3-4-12(20)10-5-7-11(17)8-6-10/h5-8H,2-4,9H2,1H3,(H2,18,19,21,22,23). The number of halogens is 1. The van der Waals surface area contributed by atoms with E-state index in [1.807, 2.05) is 0 Å². The van der Waals surface area contributed by atoms with Crippen LogP contribution in [-0.2, 0) is 9.59 Å². The topological polar surface area (TPSA) is 92.3 Å². The molecule has 122 valence electrons. The summed E-state index contributed by atoms with van der Waals surface area (Å²) in [6.07, 6.45) is 0.811. The van der Waals surface area contributed by atoms with Gasteiger partial charge in [-0.1, -0.05) is 6.92 Å². The Bertz CT molecular complexity index is 635. The monoisotopic (exact) mass is 320 g/mol. The molecule has 1 heterocycles. The van der Waals surface area contributed by atoms with Gasteiger partial charge >= 0.3 is 6.03 Å². The normalized spacial score (nSPS) is 16.7. The van der Waals surface area contributed by atoms with Gasteiger partial charge in [0.1, 0.15) is 11.2 Å². The Hall–Kier alpha value is -2.57. The predicted molar refractivity (Wildman–Crippen MR) is 79.0 cm³/mol. The number of Topliss-reactive ketones (excluding diaryl/α,β-unsaturated/α-hetero) is 1. The lowest BCUT2D eigenvalue weighted by Gasteiger charge is -2.32. The summed E-state index contributed by atoms with van der Waals surface area (Å²) in [6, 6.07) is 4.37. The molecule has 2 rings (SSSR count). The molecule has 23 heavy (non-hydrogen) atoms. The molecule has 0 aliphatic carbocycles. The molecule has 0 saturated carbocycles. The number of urea groups is 1. The SMILES string of the molecule is CCC1(CCCC(=O)c2ccc(F)cc2)C(=O)NC(=O)NC1=O. The van der Waals surface area contributed by atoms with Crippen molar-refractivity contribution in [2.75, 3.05) is 0 Å². The third-order valence-electron chi connectivity index (χ3n) is 4.10. The number of imide groups is 2. The molecular weight excluding hydrogens is 303 g/mol. The average Bonchev–Trinajstić information content (AvgIpc) is 2.50. The maximum absolute atomic E-state index is 12.8. The van der Waals surface area contributed by atoms with Crippen LogP contribution in [0.5, 0.6) is 0 Å². The van der Waals surface area contributed by atoms with Crippen LogP contribution in [0, 0.1) is 11.2 Å². The van der Waals surface area contributed by atoms with Crippen molar-refractivity contribution in [1.29, 1.82) is 0 Å². The summed E-state index contributed by atoms with van der Waals surface area (Å²) in [5, 5.41) is 4.18.